The van der Waals surface area contributed by atoms with E-state index in [9.17, 15) is 9.59 Å². The SMILES string of the molecule is C=CCN(C(=O)c1cccs1)C(C(=O)NC1CCCC1)c1ccccc1OCC. The minimum Gasteiger partial charge on any atom is -0.494 e. The lowest BCUT2D eigenvalue weighted by atomic mass is 10.0. The summed E-state index contributed by atoms with van der Waals surface area (Å²) >= 11 is 1.37. The Kier molecular flexibility index (Phi) is 7.47. The number of hydrogen-bond donors (Lipinski definition) is 1. The Hall–Kier alpha value is -2.60. The topological polar surface area (TPSA) is 58.6 Å². The first-order valence-corrected chi connectivity index (χ1v) is 11.0. The molecule has 2 amide bonds. The van der Waals surface area contributed by atoms with Crippen LogP contribution in [0, 0.1) is 0 Å². The van der Waals surface area contributed by atoms with E-state index in [0.717, 1.165) is 25.7 Å². The molecule has 5 nitrogen and oxygen atoms in total. The zero-order valence-corrected chi connectivity index (χ0v) is 17.6. The lowest BCUT2D eigenvalue weighted by Crippen LogP contribution is -2.46. The summed E-state index contributed by atoms with van der Waals surface area (Å²) in [6, 6.07) is 10.4. The second-order valence-electron chi connectivity index (χ2n) is 7.09. The van der Waals surface area contributed by atoms with E-state index in [0.29, 0.717) is 22.8 Å². The van der Waals surface area contributed by atoms with Crippen LogP contribution >= 0.6 is 11.3 Å². The molecule has 1 aliphatic rings. The first-order chi connectivity index (χ1) is 14.2. The Morgan fingerprint density at radius 3 is 2.69 bits per heavy atom. The van der Waals surface area contributed by atoms with Crippen molar-refractivity contribution in [3.8, 4) is 5.75 Å². The summed E-state index contributed by atoms with van der Waals surface area (Å²) in [6.45, 7) is 6.46. The number of rotatable bonds is 9. The number of para-hydroxylation sites is 1. The van der Waals surface area contributed by atoms with Gasteiger partial charge in [0.25, 0.3) is 5.91 Å². The van der Waals surface area contributed by atoms with Crippen LogP contribution in [0.4, 0.5) is 0 Å². The number of ether oxygens (including phenoxy) is 1. The van der Waals surface area contributed by atoms with Gasteiger partial charge in [0.05, 0.1) is 11.5 Å². The van der Waals surface area contributed by atoms with Crippen molar-refractivity contribution in [3.05, 3.63) is 64.9 Å². The largest absolute Gasteiger partial charge is 0.494 e. The van der Waals surface area contributed by atoms with Gasteiger partial charge in [0.15, 0.2) is 0 Å². The zero-order chi connectivity index (χ0) is 20.6. The van der Waals surface area contributed by atoms with Crippen LogP contribution in [0.1, 0.15) is 53.9 Å². The van der Waals surface area contributed by atoms with Crippen LogP contribution in [0.2, 0.25) is 0 Å². The molecule has 1 aromatic heterocycles. The van der Waals surface area contributed by atoms with Gasteiger partial charge in [-0.1, -0.05) is 43.2 Å². The van der Waals surface area contributed by atoms with Gasteiger partial charge in [0.1, 0.15) is 11.8 Å². The standard InChI is InChI=1S/C23H28N2O3S/c1-3-15-25(23(27)20-14-9-16-29-20)21(22(26)24-17-10-5-6-11-17)18-12-7-8-13-19(18)28-4-2/h3,7-9,12-14,16-17,21H,1,4-6,10-11,15H2,2H3,(H,24,26). The summed E-state index contributed by atoms with van der Waals surface area (Å²) in [5, 5.41) is 5.03. The Balaban J connectivity index is 2.01. The van der Waals surface area contributed by atoms with Crippen molar-refractivity contribution < 1.29 is 14.3 Å². The monoisotopic (exact) mass is 412 g/mol. The molecule has 0 spiro atoms. The van der Waals surface area contributed by atoms with E-state index in [1.165, 1.54) is 11.3 Å². The minimum absolute atomic E-state index is 0.159. The maximum atomic E-state index is 13.5. The van der Waals surface area contributed by atoms with Gasteiger partial charge >= 0.3 is 0 Å². The molecule has 29 heavy (non-hydrogen) atoms. The molecule has 0 saturated heterocycles. The summed E-state index contributed by atoms with van der Waals surface area (Å²) in [4.78, 5) is 28.9. The van der Waals surface area contributed by atoms with Gasteiger partial charge in [-0.15, -0.1) is 17.9 Å². The number of carbonyl (C=O) groups is 2. The van der Waals surface area contributed by atoms with Crippen LogP contribution in [0.15, 0.2) is 54.4 Å². The predicted octanol–water partition coefficient (Wildman–Crippen LogP) is 4.58. The van der Waals surface area contributed by atoms with Gasteiger partial charge < -0.3 is 15.0 Å². The Morgan fingerprint density at radius 2 is 2.03 bits per heavy atom. The molecule has 1 saturated carbocycles. The number of nitrogens with zero attached hydrogens (tertiary/aromatic N) is 1. The molecule has 1 aliphatic carbocycles. The van der Waals surface area contributed by atoms with Crippen molar-refractivity contribution in [2.75, 3.05) is 13.2 Å². The molecule has 1 heterocycles. The molecule has 0 bridgehead atoms. The normalized spacial score (nSPS) is 14.9. The van der Waals surface area contributed by atoms with Gasteiger partial charge in [0, 0.05) is 18.2 Å². The van der Waals surface area contributed by atoms with Gasteiger partial charge in [-0.2, -0.15) is 0 Å². The van der Waals surface area contributed by atoms with Crippen LogP contribution in [-0.4, -0.2) is 35.9 Å². The molecule has 0 radical (unpaired) electrons. The lowest BCUT2D eigenvalue weighted by Gasteiger charge is -2.32. The van der Waals surface area contributed by atoms with E-state index < -0.39 is 6.04 Å². The number of thiophene rings is 1. The highest BCUT2D eigenvalue weighted by Crippen LogP contribution is 2.32. The second kappa shape index (κ2) is 10.3. The summed E-state index contributed by atoms with van der Waals surface area (Å²) in [7, 11) is 0. The molecule has 154 valence electrons. The van der Waals surface area contributed by atoms with Crippen LogP contribution in [-0.2, 0) is 4.79 Å². The highest BCUT2D eigenvalue weighted by molar-refractivity contribution is 7.12. The molecule has 1 atom stereocenters. The van der Waals surface area contributed by atoms with Crippen molar-refractivity contribution in [1.29, 1.82) is 0 Å². The third kappa shape index (κ3) is 5.07. The molecule has 1 aromatic carbocycles. The summed E-state index contributed by atoms with van der Waals surface area (Å²) in [5.41, 5.74) is 0.691. The number of carbonyl (C=O) groups excluding carboxylic acids is 2. The van der Waals surface area contributed by atoms with E-state index in [2.05, 4.69) is 11.9 Å². The quantitative estimate of drug-likeness (QED) is 0.614. The predicted molar refractivity (Wildman–Crippen MR) is 116 cm³/mol. The smallest absolute Gasteiger partial charge is 0.265 e. The molecule has 1 unspecified atom stereocenters. The highest BCUT2D eigenvalue weighted by atomic mass is 32.1. The van der Waals surface area contributed by atoms with E-state index in [1.54, 1.807) is 17.0 Å². The Bertz CT molecular complexity index is 828. The van der Waals surface area contributed by atoms with Gasteiger partial charge in [-0.3, -0.25) is 9.59 Å². The summed E-state index contributed by atoms with van der Waals surface area (Å²) in [6.07, 6.45) is 5.85. The van der Waals surface area contributed by atoms with Gasteiger partial charge in [-0.05, 0) is 37.3 Å². The maximum Gasteiger partial charge on any atom is 0.265 e. The van der Waals surface area contributed by atoms with Crippen LogP contribution in [0.25, 0.3) is 0 Å². The third-order valence-corrected chi connectivity index (χ3v) is 5.95. The first kappa shape index (κ1) is 21.1. The molecule has 2 aromatic rings. The zero-order valence-electron chi connectivity index (χ0n) is 16.8. The van der Waals surface area contributed by atoms with Crippen LogP contribution in [0.3, 0.4) is 0 Å². The van der Waals surface area contributed by atoms with Crippen LogP contribution < -0.4 is 10.1 Å². The molecule has 1 fully saturated rings. The third-order valence-electron chi connectivity index (χ3n) is 5.09. The molecule has 3 rings (SSSR count). The average Bonchev–Trinajstić information content (AvgIpc) is 3.42. The fourth-order valence-electron chi connectivity index (χ4n) is 3.78. The minimum atomic E-state index is -0.786. The Labute approximate surface area is 176 Å². The first-order valence-electron chi connectivity index (χ1n) is 10.1. The number of hydrogen-bond acceptors (Lipinski definition) is 4. The summed E-state index contributed by atoms with van der Waals surface area (Å²) < 4.78 is 5.80. The van der Waals surface area contributed by atoms with Crippen molar-refractivity contribution in [2.24, 2.45) is 0 Å². The molecular weight excluding hydrogens is 384 g/mol. The average molecular weight is 413 g/mol. The number of nitrogens with one attached hydrogen (secondary N) is 1. The Morgan fingerprint density at radius 1 is 1.28 bits per heavy atom. The van der Waals surface area contributed by atoms with Crippen molar-refractivity contribution >= 4 is 23.2 Å². The fourth-order valence-corrected chi connectivity index (χ4v) is 4.46. The van der Waals surface area contributed by atoms with E-state index in [4.69, 9.17) is 4.74 Å². The fraction of sp³-hybridized carbons (Fsp3) is 0.391. The van der Waals surface area contributed by atoms with Crippen molar-refractivity contribution in [1.82, 2.24) is 10.2 Å². The number of amides is 2. The molecular formula is C23H28N2O3S. The van der Waals surface area contributed by atoms with E-state index in [-0.39, 0.29) is 24.4 Å². The van der Waals surface area contributed by atoms with E-state index in [1.807, 2.05) is 42.6 Å². The highest BCUT2D eigenvalue weighted by Gasteiger charge is 2.35. The molecule has 6 heteroatoms. The maximum absolute atomic E-state index is 13.5. The van der Waals surface area contributed by atoms with Crippen LogP contribution in [0.5, 0.6) is 5.75 Å². The second-order valence-corrected chi connectivity index (χ2v) is 8.03. The van der Waals surface area contributed by atoms with Gasteiger partial charge in [-0.25, -0.2) is 0 Å². The van der Waals surface area contributed by atoms with E-state index >= 15 is 0 Å². The van der Waals surface area contributed by atoms with Gasteiger partial charge in [0.2, 0.25) is 5.91 Å². The van der Waals surface area contributed by atoms with Crippen molar-refractivity contribution in [2.45, 2.75) is 44.7 Å². The van der Waals surface area contributed by atoms with Crippen molar-refractivity contribution in [3.63, 3.8) is 0 Å². The summed E-state index contributed by atoms with van der Waals surface area (Å²) in [5.74, 6) is 0.267. The molecule has 1 N–H and O–H groups in total. The lowest BCUT2D eigenvalue weighted by molar-refractivity contribution is -0.126. The molecule has 0 aliphatic heterocycles. The number of benzene rings is 1.